The van der Waals surface area contributed by atoms with Crippen LogP contribution >= 0.6 is 0 Å². The third-order valence-corrected chi connectivity index (χ3v) is 3.82. The molecule has 1 N–H and O–H groups in total. The van der Waals surface area contributed by atoms with Crippen LogP contribution in [0.25, 0.3) is 16.9 Å². The number of nitrogens with one attached hydrogen (secondary N) is 1. The van der Waals surface area contributed by atoms with E-state index in [1.807, 2.05) is 24.4 Å². The summed E-state index contributed by atoms with van der Waals surface area (Å²) in [5, 5.41) is 7.59. The summed E-state index contributed by atoms with van der Waals surface area (Å²) in [5.41, 5.74) is 3.29. The van der Waals surface area contributed by atoms with Gasteiger partial charge < -0.3 is 10.1 Å². The van der Waals surface area contributed by atoms with Crippen LogP contribution in [0.1, 0.15) is 32.0 Å². The minimum absolute atomic E-state index is 0.170. The molecule has 0 bridgehead atoms. The Morgan fingerprint density at radius 2 is 2.28 bits per heavy atom. The van der Waals surface area contributed by atoms with Crippen LogP contribution in [0.2, 0.25) is 0 Å². The molecule has 0 fully saturated rings. The van der Waals surface area contributed by atoms with Crippen molar-refractivity contribution in [1.29, 1.82) is 0 Å². The van der Waals surface area contributed by atoms with Gasteiger partial charge in [0.05, 0.1) is 24.2 Å². The van der Waals surface area contributed by atoms with Gasteiger partial charge in [-0.05, 0) is 32.0 Å². The van der Waals surface area contributed by atoms with E-state index >= 15 is 0 Å². The lowest BCUT2D eigenvalue weighted by molar-refractivity contribution is 0.314. The van der Waals surface area contributed by atoms with Crippen molar-refractivity contribution in [2.75, 3.05) is 13.2 Å². The molecule has 1 unspecified atom stereocenters. The van der Waals surface area contributed by atoms with Gasteiger partial charge in [0.1, 0.15) is 6.33 Å². The summed E-state index contributed by atoms with van der Waals surface area (Å²) in [6, 6.07) is 4.13. The van der Waals surface area contributed by atoms with Crippen molar-refractivity contribution in [3.8, 4) is 17.1 Å². The quantitative estimate of drug-likeness (QED) is 0.503. The molecule has 0 saturated carbocycles. The van der Waals surface area contributed by atoms with Crippen LogP contribution in [-0.2, 0) is 0 Å². The predicted octanol–water partition coefficient (Wildman–Crippen LogP) is 2.81. The van der Waals surface area contributed by atoms with Crippen molar-refractivity contribution in [2.24, 2.45) is 0 Å². The zero-order valence-corrected chi connectivity index (χ0v) is 14.5. The van der Waals surface area contributed by atoms with Crippen LogP contribution in [0.15, 0.2) is 43.5 Å². The SMILES string of the molecule is C=CCCOc1nc(-c2ccnc(C(C)NCC)c2)cn2ncnc12. The summed E-state index contributed by atoms with van der Waals surface area (Å²) in [6.45, 7) is 9.26. The van der Waals surface area contributed by atoms with E-state index in [4.69, 9.17) is 4.74 Å². The van der Waals surface area contributed by atoms with Crippen LogP contribution in [-0.4, -0.2) is 37.7 Å². The van der Waals surface area contributed by atoms with Gasteiger partial charge in [0.25, 0.3) is 5.88 Å². The highest BCUT2D eigenvalue weighted by Crippen LogP contribution is 2.24. The molecule has 0 amide bonds. The van der Waals surface area contributed by atoms with E-state index in [9.17, 15) is 0 Å². The molecule has 3 heterocycles. The monoisotopic (exact) mass is 338 g/mol. The molecule has 130 valence electrons. The summed E-state index contributed by atoms with van der Waals surface area (Å²) in [7, 11) is 0. The third kappa shape index (κ3) is 3.83. The van der Waals surface area contributed by atoms with Crippen molar-refractivity contribution in [2.45, 2.75) is 26.3 Å². The summed E-state index contributed by atoms with van der Waals surface area (Å²) in [5.74, 6) is 0.468. The van der Waals surface area contributed by atoms with E-state index in [-0.39, 0.29) is 6.04 Å². The van der Waals surface area contributed by atoms with Gasteiger partial charge in [-0.15, -0.1) is 6.58 Å². The van der Waals surface area contributed by atoms with Gasteiger partial charge in [-0.25, -0.2) is 14.5 Å². The summed E-state index contributed by atoms with van der Waals surface area (Å²) >= 11 is 0. The average Bonchev–Trinajstić information content (AvgIpc) is 3.11. The number of hydrogen-bond acceptors (Lipinski definition) is 6. The third-order valence-electron chi connectivity index (χ3n) is 3.82. The highest BCUT2D eigenvalue weighted by Gasteiger charge is 2.13. The molecule has 0 saturated heterocycles. The molecular formula is C18H22N6O. The molecule has 0 aliphatic heterocycles. The molecule has 3 aromatic heterocycles. The van der Waals surface area contributed by atoms with E-state index in [0.29, 0.717) is 18.1 Å². The summed E-state index contributed by atoms with van der Waals surface area (Å²) < 4.78 is 7.44. The topological polar surface area (TPSA) is 77.2 Å². The normalized spacial score (nSPS) is 12.2. The minimum atomic E-state index is 0.170. The van der Waals surface area contributed by atoms with Crippen molar-refractivity contribution in [3.05, 3.63) is 49.2 Å². The number of ether oxygens (including phenoxy) is 1. The smallest absolute Gasteiger partial charge is 0.260 e. The highest BCUT2D eigenvalue weighted by atomic mass is 16.5. The van der Waals surface area contributed by atoms with Gasteiger partial charge >= 0.3 is 0 Å². The second-order valence-electron chi connectivity index (χ2n) is 5.63. The summed E-state index contributed by atoms with van der Waals surface area (Å²) in [4.78, 5) is 13.3. The van der Waals surface area contributed by atoms with Gasteiger partial charge in [-0.2, -0.15) is 5.10 Å². The van der Waals surface area contributed by atoms with E-state index in [1.165, 1.54) is 6.33 Å². The molecule has 7 nitrogen and oxygen atoms in total. The molecule has 0 aliphatic carbocycles. The number of nitrogens with zero attached hydrogens (tertiary/aromatic N) is 5. The number of rotatable bonds is 8. The highest BCUT2D eigenvalue weighted by molar-refractivity contribution is 5.62. The predicted molar refractivity (Wildman–Crippen MR) is 96.4 cm³/mol. The first kappa shape index (κ1) is 17.0. The molecule has 0 aliphatic rings. The van der Waals surface area contributed by atoms with E-state index in [0.717, 1.165) is 29.9 Å². The van der Waals surface area contributed by atoms with Gasteiger partial charge in [0.2, 0.25) is 5.65 Å². The lowest BCUT2D eigenvalue weighted by Crippen LogP contribution is -2.18. The summed E-state index contributed by atoms with van der Waals surface area (Å²) in [6.07, 6.45) is 7.68. The zero-order chi connectivity index (χ0) is 17.6. The van der Waals surface area contributed by atoms with Gasteiger partial charge in [0, 0.05) is 17.8 Å². The Bertz CT molecular complexity index is 860. The fraction of sp³-hybridized carbons (Fsp3) is 0.333. The van der Waals surface area contributed by atoms with E-state index < -0.39 is 0 Å². The molecule has 0 aromatic carbocycles. The van der Waals surface area contributed by atoms with Gasteiger partial charge in [-0.1, -0.05) is 13.0 Å². The first-order chi connectivity index (χ1) is 12.2. The molecule has 3 rings (SSSR count). The average molecular weight is 338 g/mol. The first-order valence-corrected chi connectivity index (χ1v) is 8.36. The van der Waals surface area contributed by atoms with Crippen molar-refractivity contribution in [3.63, 3.8) is 0 Å². The maximum Gasteiger partial charge on any atom is 0.260 e. The van der Waals surface area contributed by atoms with Crippen molar-refractivity contribution >= 4 is 5.65 Å². The molecule has 1 atom stereocenters. The molecular weight excluding hydrogens is 316 g/mol. The minimum Gasteiger partial charge on any atom is -0.475 e. The molecule has 7 heteroatoms. The Hall–Kier alpha value is -2.80. The fourth-order valence-electron chi connectivity index (χ4n) is 2.53. The molecule has 0 radical (unpaired) electrons. The Balaban J connectivity index is 1.97. The molecule has 3 aromatic rings. The van der Waals surface area contributed by atoms with Crippen LogP contribution in [0.3, 0.4) is 0 Å². The first-order valence-electron chi connectivity index (χ1n) is 8.36. The van der Waals surface area contributed by atoms with Crippen LogP contribution < -0.4 is 10.1 Å². The fourth-order valence-corrected chi connectivity index (χ4v) is 2.53. The van der Waals surface area contributed by atoms with Gasteiger partial charge in [0.15, 0.2) is 0 Å². The van der Waals surface area contributed by atoms with Crippen LogP contribution in [0.5, 0.6) is 5.88 Å². The number of aromatic nitrogens is 5. The largest absolute Gasteiger partial charge is 0.475 e. The van der Waals surface area contributed by atoms with Crippen LogP contribution in [0, 0.1) is 0 Å². The molecule has 25 heavy (non-hydrogen) atoms. The standard InChI is InChI=1S/C18H22N6O/c1-4-6-9-25-18-17-21-12-22-24(17)11-16(23-18)14-7-8-20-15(10-14)13(3)19-5-2/h4,7-8,10-13,19H,1,5-6,9H2,2-3H3. The lowest BCUT2D eigenvalue weighted by Gasteiger charge is -2.13. The number of fused-ring (bicyclic) bond motifs is 1. The second-order valence-corrected chi connectivity index (χ2v) is 5.63. The maximum absolute atomic E-state index is 5.76. The Labute approximate surface area is 146 Å². The lowest BCUT2D eigenvalue weighted by atomic mass is 10.1. The number of hydrogen-bond donors (Lipinski definition) is 1. The molecule has 0 spiro atoms. The Morgan fingerprint density at radius 1 is 1.40 bits per heavy atom. The Morgan fingerprint density at radius 3 is 3.08 bits per heavy atom. The second kappa shape index (κ2) is 7.85. The van der Waals surface area contributed by atoms with Crippen molar-refractivity contribution < 1.29 is 4.74 Å². The van der Waals surface area contributed by atoms with Gasteiger partial charge in [-0.3, -0.25) is 4.98 Å². The Kier molecular flexibility index (Phi) is 5.35. The van der Waals surface area contributed by atoms with E-state index in [1.54, 1.807) is 10.7 Å². The van der Waals surface area contributed by atoms with Crippen LogP contribution in [0.4, 0.5) is 0 Å². The van der Waals surface area contributed by atoms with Crippen molar-refractivity contribution in [1.82, 2.24) is 29.9 Å². The maximum atomic E-state index is 5.76. The van der Waals surface area contributed by atoms with E-state index in [2.05, 4.69) is 45.8 Å². The number of pyridine rings is 1. The zero-order valence-electron chi connectivity index (χ0n) is 14.5.